The van der Waals surface area contributed by atoms with Crippen LogP contribution in [-0.4, -0.2) is 71.4 Å². The summed E-state index contributed by atoms with van der Waals surface area (Å²) in [5.41, 5.74) is 0.557. The zero-order valence-corrected chi connectivity index (χ0v) is 19.5. The lowest BCUT2D eigenvalue weighted by atomic mass is 9.80. The highest BCUT2D eigenvalue weighted by Crippen LogP contribution is 2.39. The largest absolute Gasteiger partial charge is 0.455 e. The number of carbonyl (C=O) groups is 2. The number of hydrogen-bond acceptors (Lipinski definition) is 6. The number of urea groups is 1. The Kier molecular flexibility index (Phi) is 8.07. The van der Waals surface area contributed by atoms with Gasteiger partial charge in [-0.3, -0.25) is 4.79 Å². The van der Waals surface area contributed by atoms with Crippen LogP contribution in [0.15, 0.2) is 28.8 Å². The summed E-state index contributed by atoms with van der Waals surface area (Å²) >= 11 is 0. The first-order valence-corrected chi connectivity index (χ1v) is 11.8. The third-order valence-electron chi connectivity index (χ3n) is 6.40. The minimum atomic E-state index is -4.75. The highest BCUT2D eigenvalue weighted by Gasteiger charge is 2.40. The molecule has 0 spiro atoms. The van der Waals surface area contributed by atoms with E-state index in [1.807, 2.05) is 0 Å². The first-order valence-electron chi connectivity index (χ1n) is 11.8. The number of nitrogens with zero attached hydrogens (tertiary/aromatic N) is 4. The van der Waals surface area contributed by atoms with E-state index in [0.29, 0.717) is 51.0 Å². The average Bonchev–Trinajstić information content (AvgIpc) is 3.35. The predicted molar refractivity (Wildman–Crippen MR) is 117 cm³/mol. The number of halogens is 4. The molecule has 0 radical (unpaired) electrons. The van der Waals surface area contributed by atoms with Crippen molar-refractivity contribution in [2.45, 2.75) is 37.8 Å². The van der Waals surface area contributed by atoms with Crippen molar-refractivity contribution in [3.63, 3.8) is 0 Å². The van der Waals surface area contributed by atoms with E-state index < -0.39 is 23.7 Å². The zero-order chi connectivity index (χ0) is 25.7. The van der Waals surface area contributed by atoms with E-state index >= 15 is 0 Å². The molecule has 13 heteroatoms. The Hall–Kier alpha value is -3.22. The SMILES string of the molecule is O=C1COCN(C(=O)N2CCC(C(c3ccc(F)cc3)c3nc(C(F)(F)F)no3)CC2)CCCCN1. The molecule has 1 aromatic carbocycles. The lowest BCUT2D eigenvalue weighted by Gasteiger charge is -2.37. The van der Waals surface area contributed by atoms with Crippen LogP contribution in [0.25, 0.3) is 0 Å². The van der Waals surface area contributed by atoms with Gasteiger partial charge in [-0.25, -0.2) is 9.18 Å². The Balaban J connectivity index is 1.46. The third kappa shape index (κ3) is 6.31. The second-order valence-corrected chi connectivity index (χ2v) is 8.89. The Labute approximate surface area is 204 Å². The first kappa shape index (κ1) is 25.9. The van der Waals surface area contributed by atoms with Crippen molar-refractivity contribution in [2.24, 2.45) is 5.92 Å². The normalized spacial score (nSPS) is 19.6. The van der Waals surface area contributed by atoms with E-state index in [-0.39, 0.29) is 37.1 Å². The first-order chi connectivity index (χ1) is 17.2. The summed E-state index contributed by atoms with van der Waals surface area (Å²) in [6.45, 7) is 1.58. The van der Waals surface area contributed by atoms with Gasteiger partial charge in [-0.2, -0.15) is 18.2 Å². The van der Waals surface area contributed by atoms with Gasteiger partial charge >= 0.3 is 12.2 Å². The van der Waals surface area contributed by atoms with Gasteiger partial charge in [-0.1, -0.05) is 17.3 Å². The van der Waals surface area contributed by atoms with Crippen molar-refractivity contribution in [3.8, 4) is 0 Å². The predicted octanol–water partition coefficient (Wildman–Crippen LogP) is 3.38. The molecule has 3 amide bonds. The minimum Gasteiger partial charge on any atom is -0.354 e. The number of ether oxygens (including phenoxy) is 1. The summed E-state index contributed by atoms with van der Waals surface area (Å²) in [4.78, 5) is 31.6. The van der Waals surface area contributed by atoms with Crippen molar-refractivity contribution >= 4 is 11.9 Å². The summed E-state index contributed by atoms with van der Waals surface area (Å²) in [6, 6.07) is 5.23. The van der Waals surface area contributed by atoms with Gasteiger partial charge in [0.25, 0.3) is 5.82 Å². The van der Waals surface area contributed by atoms with Crippen LogP contribution < -0.4 is 5.32 Å². The number of alkyl halides is 3. The number of rotatable bonds is 3. The molecule has 4 rings (SSSR count). The molecule has 9 nitrogen and oxygen atoms in total. The Morgan fingerprint density at radius 2 is 1.81 bits per heavy atom. The van der Waals surface area contributed by atoms with Crippen molar-refractivity contribution in [2.75, 3.05) is 39.5 Å². The van der Waals surface area contributed by atoms with Gasteiger partial charge in [0.05, 0.1) is 5.92 Å². The van der Waals surface area contributed by atoms with Crippen LogP contribution in [-0.2, 0) is 15.7 Å². The molecule has 0 aliphatic carbocycles. The monoisotopic (exact) mass is 513 g/mol. The number of amides is 3. The summed E-state index contributed by atoms with van der Waals surface area (Å²) in [6.07, 6.45) is -2.38. The summed E-state index contributed by atoms with van der Waals surface area (Å²) in [5.74, 6) is -3.15. The maximum Gasteiger partial charge on any atom is 0.455 e. The fraction of sp³-hybridized carbons (Fsp3) is 0.565. The minimum absolute atomic E-state index is 0.00735. The second kappa shape index (κ2) is 11.2. The molecule has 1 N–H and O–H groups in total. The molecule has 3 heterocycles. The van der Waals surface area contributed by atoms with Crippen LogP contribution in [0.5, 0.6) is 0 Å². The van der Waals surface area contributed by atoms with Crippen LogP contribution >= 0.6 is 0 Å². The van der Waals surface area contributed by atoms with Crippen molar-refractivity contribution in [3.05, 3.63) is 47.4 Å². The van der Waals surface area contributed by atoms with Crippen molar-refractivity contribution < 1.29 is 36.4 Å². The van der Waals surface area contributed by atoms with E-state index in [1.165, 1.54) is 24.3 Å². The summed E-state index contributed by atoms with van der Waals surface area (Å²) in [5, 5.41) is 5.82. The van der Waals surface area contributed by atoms with Gasteiger partial charge in [0.15, 0.2) is 0 Å². The maximum atomic E-state index is 13.5. The van der Waals surface area contributed by atoms with Gasteiger partial charge in [-0.15, -0.1) is 0 Å². The quantitative estimate of drug-likeness (QED) is 0.632. The molecule has 2 fully saturated rings. The summed E-state index contributed by atoms with van der Waals surface area (Å²) < 4.78 is 63.2. The number of nitrogens with one attached hydrogen (secondary N) is 1. The number of benzene rings is 1. The number of piperidine rings is 1. The molecule has 36 heavy (non-hydrogen) atoms. The molecule has 1 aromatic heterocycles. The number of likely N-dealkylation sites (tertiary alicyclic amines) is 1. The van der Waals surface area contributed by atoms with Crippen LogP contribution in [0.2, 0.25) is 0 Å². The smallest absolute Gasteiger partial charge is 0.354 e. The number of hydrogen-bond donors (Lipinski definition) is 1. The van der Waals surface area contributed by atoms with Crippen molar-refractivity contribution in [1.82, 2.24) is 25.3 Å². The highest BCUT2D eigenvalue weighted by molar-refractivity contribution is 5.77. The molecule has 1 atom stereocenters. The lowest BCUT2D eigenvalue weighted by Crippen LogP contribution is -2.49. The highest BCUT2D eigenvalue weighted by atomic mass is 19.4. The van der Waals surface area contributed by atoms with E-state index in [9.17, 15) is 27.2 Å². The van der Waals surface area contributed by atoms with Crippen LogP contribution in [0.4, 0.5) is 22.4 Å². The van der Waals surface area contributed by atoms with Gasteiger partial charge in [0.1, 0.15) is 19.2 Å². The zero-order valence-electron chi connectivity index (χ0n) is 19.5. The average molecular weight is 513 g/mol. The van der Waals surface area contributed by atoms with E-state index in [2.05, 4.69) is 15.5 Å². The van der Waals surface area contributed by atoms with Gasteiger partial charge in [0, 0.05) is 26.2 Å². The van der Waals surface area contributed by atoms with Gasteiger partial charge in [-0.05, 0) is 49.3 Å². The molecule has 2 saturated heterocycles. The fourth-order valence-electron chi connectivity index (χ4n) is 4.56. The van der Waals surface area contributed by atoms with E-state index in [1.54, 1.807) is 9.80 Å². The molecule has 0 saturated carbocycles. The standard InChI is InChI=1S/C23H27F4N5O4/c24-17-5-3-15(4-6-17)19(20-29-21(30-36-20)23(25,26)27)16-7-11-31(12-8-16)22(34)32-10-2-1-9-28-18(33)13-35-14-32/h3-6,16,19H,1-2,7-14H2,(H,28,33). The van der Waals surface area contributed by atoms with E-state index in [0.717, 1.165) is 6.42 Å². The molecule has 2 aliphatic rings. The topological polar surface area (TPSA) is 101 Å². The number of aromatic nitrogens is 2. The molecule has 196 valence electrons. The van der Waals surface area contributed by atoms with Gasteiger partial charge < -0.3 is 24.4 Å². The Morgan fingerprint density at radius 1 is 1.08 bits per heavy atom. The Bertz CT molecular complexity index is 1040. The summed E-state index contributed by atoms with van der Waals surface area (Å²) in [7, 11) is 0. The molecule has 1 unspecified atom stereocenters. The van der Waals surface area contributed by atoms with Crippen LogP contribution in [0, 0.1) is 11.7 Å². The van der Waals surface area contributed by atoms with Crippen molar-refractivity contribution in [1.29, 1.82) is 0 Å². The number of carbonyl (C=O) groups excluding carboxylic acids is 2. The second-order valence-electron chi connectivity index (χ2n) is 8.89. The lowest BCUT2D eigenvalue weighted by molar-refractivity contribution is -0.146. The molecule has 2 aliphatic heterocycles. The van der Waals surface area contributed by atoms with E-state index in [4.69, 9.17) is 9.26 Å². The van der Waals surface area contributed by atoms with Gasteiger partial charge in [0.2, 0.25) is 11.8 Å². The Morgan fingerprint density at radius 3 is 2.47 bits per heavy atom. The molecule has 0 bridgehead atoms. The van der Waals surface area contributed by atoms with Crippen LogP contribution in [0.3, 0.4) is 0 Å². The fourth-order valence-corrected chi connectivity index (χ4v) is 4.56. The molecular weight excluding hydrogens is 486 g/mol. The maximum absolute atomic E-state index is 13.5. The molecular formula is C23H27F4N5O4. The third-order valence-corrected chi connectivity index (χ3v) is 6.40. The van der Waals surface area contributed by atoms with Crippen LogP contribution in [0.1, 0.15) is 48.9 Å². The molecule has 2 aromatic rings.